The van der Waals surface area contributed by atoms with Gasteiger partial charge in [0.1, 0.15) is 12.4 Å². The summed E-state index contributed by atoms with van der Waals surface area (Å²) in [6.45, 7) is 2.92. The minimum atomic E-state index is 0.0241. The standard InChI is InChI=1S/C15H23BrN2O3/c1-18(12-15(19)17-7-4-9-20-2)8-10-21-14-6-3-5-13(16)11-14/h3,5-6,11H,4,7-10,12H2,1-2H3,(H,17,19). The Morgan fingerprint density at radius 2 is 2.19 bits per heavy atom. The van der Waals surface area contributed by atoms with E-state index in [9.17, 15) is 4.79 Å². The maximum Gasteiger partial charge on any atom is 0.234 e. The Morgan fingerprint density at radius 3 is 2.90 bits per heavy atom. The minimum absolute atomic E-state index is 0.0241. The smallest absolute Gasteiger partial charge is 0.234 e. The van der Waals surface area contributed by atoms with Crippen molar-refractivity contribution in [2.75, 3.05) is 47.0 Å². The molecule has 0 fully saturated rings. The lowest BCUT2D eigenvalue weighted by molar-refractivity contribution is -0.122. The largest absolute Gasteiger partial charge is 0.492 e. The number of nitrogens with zero attached hydrogens (tertiary/aromatic N) is 1. The molecule has 0 aliphatic heterocycles. The summed E-state index contributed by atoms with van der Waals surface area (Å²) < 4.78 is 11.5. The summed E-state index contributed by atoms with van der Waals surface area (Å²) in [7, 11) is 3.56. The van der Waals surface area contributed by atoms with Gasteiger partial charge in [-0.25, -0.2) is 0 Å². The molecule has 0 aliphatic rings. The molecule has 0 aromatic heterocycles. The van der Waals surface area contributed by atoms with Crippen LogP contribution >= 0.6 is 15.9 Å². The van der Waals surface area contributed by atoms with Crippen molar-refractivity contribution in [2.45, 2.75) is 6.42 Å². The van der Waals surface area contributed by atoms with Gasteiger partial charge in [-0.1, -0.05) is 22.0 Å². The van der Waals surface area contributed by atoms with E-state index in [2.05, 4.69) is 21.2 Å². The Labute approximate surface area is 134 Å². The Morgan fingerprint density at radius 1 is 1.38 bits per heavy atom. The normalized spacial score (nSPS) is 10.7. The van der Waals surface area contributed by atoms with E-state index in [1.54, 1.807) is 7.11 Å². The van der Waals surface area contributed by atoms with Crippen molar-refractivity contribution in [1.82, 2.24) is 10.2 Å². The third kappa shape index (κ3) is 8.70. The van der Waals surface area contributed by atoms with Crippen LogP contribution in [0.4, 0.5) is 0 Å². The monoisotopic (exact) mass is 358 g/mol. The number of benzene rings is 1. The van der Waals surface area contributed by atoms with Crippen molar-refractivity contribution in [3.05, 3.63) is 28.7 Å². The van der Waals surface area contributed by atoms with Gasteiger partial charge in [-0.15, -0.1) is 0 Å². The van der Waals surface area contributed by atoms with Crippen LogP contribution in [0.25, 0.3) is 0 Å². The molecule has 0 unspecified atom stereocenters. The Balaban J connectivity index is 2.13. The number of nitrogens with one attached hydrogen (secondary N) is 1. The first-order valence-corrected chi connectivity index (χ1v) is 7.73. The number of ether oxygens (including phenoxy) is 2. The highest BCUT2D eigenvalue weighted by atomic mass is 79.9. The van der Waals surface area contributed by atoms with E-state index in [0.717, 1.165) is 16.6 Å². The van der Waals surface area contributed by atoms with Gasteiger partial charge >= 0.3 is 0 Å². The van der Waals surface area contributed by atoms with E-state index in [-0.39, 0.29) is 5.91 Å². The number of likely N-dealkylation sites (N-methyl/N-ethyl adjacent to an activating group) is 1. The Bertz CT molecular complexity index is 429. The highest BCUT2D eigenvalue weighted by molar-refractivity contribution is 9.10. The molecule has 0 saturated heterocycles. The van der Waals surface area contributed by atoms with Crippen molar-refractivity contribution >= 4 is 21.8 Å². The maximum atomic E-state index is 11.7. The summed E-state index contributed by atoms with van der Waals surface area (Å²) in [5.74, 6) is 0.845. The van der Waals surface area contributed by atoms with Gasteiger partial charge in [-0.3, -0.25) is 9.69 Å². The average Bonchev–Trinajstić information content (AvgIpc) is 2.43. The van der Waals surface area contributed by atoms with Crippen molar-refractivity contribution in [2.24, 2.45) is 0 Å². The summed E-state index contributed by atoms with van der Waals surface area (Å²) in [6.07, 6.45) is 0.831. The van der Waals surface area contributed by atoms with Crippen LogP contribution in [0.15, 0.2) is 28.7 Å². The number of amides is 1. The lowest BCUT2D eigenvalue weighted by Crippen LogP contribution is -2.37. The molecular formula is C15H23BrN2O3. The summed E-state index contributed by atoms with van der Waals surface area (Å²) in [4.78, 5) is 13.6. The molecule has 0 aliphatic carbocycles. The molecule has 0 spiro atoms. The molecule has 1 amide bonds. The lowest BCUT2D eigenvalue weighted by Gasteiger charge is -2.16. The van der Waals surface area contributed by atoms with E-state index >= 15 is 0 Å². The topological polar surface area (TPSA) is 50.8 Å². The molecule has 1 aromatic rings. The fourth-order valence-corrected chi connectivity index (χ4v) is 2.08. The number of rotatable bonds is 10. The molecule has 5 nitrogen and oxygen atoms in total. The molecule has 0 atom stereocenters. The highest BCUT2D eigenvalue weighted by Gasteiger charge is 2.06. The van der Waals surface area contributed by atoms with Gasteiger partial charge in [-0.2, -0.15) is 0 Å². The molecule has 21 heavy (non-hydrogen) atoms. The van der Waals surface area contributed by atoms with Gasteiger partial charge in [-0.05, 0) is 31.7 Å². The molecule has 1 rings (SSSR count). The van der Waals surface area contributed by atoms with Crippen LogP contribution < -0.4 is 10.1 Å². The van der Waals surface area contributed by atoms with Gasteiger partial charge in [0, 0.05) is 31.3 Å². The van der Waals surface area contributed by atoms with Crippen LogP contribution in [-0.4, -0.2) is 57.8 Å². The van der Waals surface area contributed by atoms with Crippen LogP contribution in [0.1, 0.15) is 6.42 Å². The zero-order valence-electron chi connectivity index (χ0n) is 12.6. The second kappa shape index (κ2) is 10.6. The SMILES string of the molecule is COCCCNC(=O)CN(C)CCOc1cccc(Br)c1. The molecule has 1 N–H and O–H groups in total. The molecule has 0 heterocycles. The van der Waals surface area contributed by atoms with Crippen LogP contribution in [-0.2, 0) is 9.53 Å². The summed E-state index contributed by atoms with van der Waals surface area (Å²) >= 11 is 3.40. The summed E-state index contributed by atoms with van der Waals surface area (Å²) in [6, 6.07) is 7.71. The van der Waals surface area contributed by atoms with E-state index in [0.29, 0.717) is 32.8 Å². The van der Waals surface area contributed by atoms with E-state index in [1.165, 1.54) is 0 Å². The van der Waals surface area contributed by atoms with Crippen molar-refractivity contribution < 1.29 is 14.3 Å². The van der Waals surface area contributed by atoms with Gasteiger partial charge < -0.3 is 14.8 Å². The van der Waals surface area contributed by atoms with Crippen LogP contribution in [0.2, 0.25) is 0 Å². The zero-order chi connectivity index (χ0) is 15.5. The van der Waals surface area contributed by atoms with E-state index in [1.807, 2.05) is 36.2 Å². The predicted molar refractivity (Wildman–Crippen MR) is 86.6 cm³/mol. The number of carbonyl (C=O) groups excluding carboxylic acids is 1. The van der Waals surface area contributed by atoms with Gasteiger partial charge in [0.05, 0.1) is 6.54 Å². The predicted octanol–water partition coefficient (Wildman–Crippen LogP) is 1.91. The third-order valence-corrected chi connectivity index (χ3v) is 3.29. The minimum Gasteiger partial charge on any atom is -0.492 e. The number of carbonyl (C=O) groups is 1. The van der Waals surface area contributed by atoms with Crippen LogP contribution in [0, 0.1) is 0 Å². The van der Waals surface area contributed by atoms with E-state index in [4.69, 9.17) is 9.47 Å². The van der Waals surface area contributed by atoms with Gasteiger partial charge in [0.2, 0.25) is 5.91 Å². The quantitative estimate of drug-likeness (QED) is 0.649. The number of hydrogen-bond donors (Lipinski definition) is 1. The number of hydrogen-bond acceptors (Lipinski definition) is 4. The number of halogens is 1. The molecule has 118 valence electrons. The first kappa shape index (κ1) is 17.9. The first-order valence-electron chi connectivity index (χ1n) is 6.94. The average molecular weight is 359 g/mol. The lowest BCUT2D eigenvalue weighted by atomic mass is 10.3. The summed E-state index contributed by atoms with van der Waals surface area (Å²) in [5, 5.41) is 2.86. The zero-order valence-corrected chi connectivity index (χ0v) is 14.2. The van der Waals surface area contributed by atoms with Crippen molar-refractivity contribution in [3.63, 3.8) is 0 Å². The Kier molecular flexibility index (Phi) is 9.05. The molecule has 6 heteroatoms. The van der Waals surface area contributed by atoms with Gasteiger partial charge in [0.15, 0.2) is 0 Å². The first-order chi connectivity index (χ1) is 10.1. The second-order valence-corrected chi connectivity index (χ2v) is 5.66. The highest BCUT2D eigenvalue weighted by Crippen LogP contribution is 2.17. The fraction of sp³-hybridized carbons (Fsp3) is 0.533. The molecule has 0 saturated carbocycles. The van der Waals surface area contributed by atoms with Crippen LogP contribution in [0.5, 0.6) is 5.75 Å². The number of methoxy groups -OCH3 is 1. The van der Waals surface area contributed by atoms with Crippen molar-refractivity contribution in [1.29, 1.82) is 0 Å². The maximum absolute atomic E-state index is 11.7. The van der Waals surface area contributed by atoms with Crippen LogP contribution in [0.3, 0.4) is 0 Å². The third-order valence-electron chi connectivity index (χ3n) is 2.80. The van der Waals surface area contributed by atoms with Crippen molar-refractivity contribution in [3.8, 4) is 5.75 Å². The Hall–Kier alpha value is -1.11. The van der Waals surface area contributed by atoms with E-state index < -0.39 is 0 Å². The summed E-state index contributed by atoms with van der Waals surface area (Å²) in [5.41, 5.74) is 0. The van der Waals surface area contributed by atoms with Gasteiger partial charge in [0.25, 0.3) is 0 Å². The molecule has 0 radical (unpaired) electrons. The molecule has 1 aromatic carbocycles. The fourth-order valence-electron chi connectivity index (χ4n) is 1.70. The molecular weight excluding hydrogens is 336 g/mol. The second-order valence-electron chi connectivity index (χ2n) is 4.74. The molecule has 0 bridgehead atoms.